The Morgan fingerprint density at radius 3 is 2.71 bits per heavy atom. The van der Waals surface area contributed by atoms with Crippen LogP contribution in [0.2, 0.25) is 0 Å². The highest BCUT2D eigenvalue weighted by molar-refractivity contribution is 7.90. The van der Waals surface area contributed by atoms with Crippen LogP contribution in [0.25, 0.3) is 22.2 Å². The molecule has 10 nitrogen and oxygen atoms in total. The Bertz CT molecular complexity index is 1870. The van der Waals surface area contributed by atoms with Crippen molar-refractivity contribution in [3.63, 3.8) is 0 Å². The van der Waals surface area contributed by atoms with Crippen LogP contribution in [0.3, 0.4) is 0 Å². The summed E-state index contributed by atoms with van der Waals surface area (Å²) < 4.78 is 73.5. The minimum absolute atomic E-state index is 0.0248. The number of nitrogens with zero attached hydrogens (tertiary/aromatic N) is 4. The van der Waals surface area contributed by atoms with Crippen LogP contribution in [-0.4, -0.2) is 53.1 Å². The lowest BCUT2D eigenvalue weighted by molar-refractivity contribution is 0.343. The van der Waals surface area contributed by atoms with Crippen molar-refractivity contribution in [2.24, 2.45) is 7.05 Å². The maximum Gasteiger partial charge on any atom is 0.301 e. The number of pyridine rings is 1. The Morgan fingerprint density at radius 1 is 1.12 bits per heavy atom. The van der Waals surface area contributed by atoms with Crippen molar-refractivity contribution < 1.29 is 21.6 Å². The van der Waals surface area contributed by atoms with Crippen LogP contribution in [0, 0.1) is 11.6 Å². The number of benzene rings is 2. The highest BCUT2D eigenvalue weighted by Gasteiger charge is 2.32. The molecule has 0 amide bonds. The molecule has 2 aliphatic heterocycles. The van der Waals surface area contributed by atoms with Gasteiger partial charge in [0, 0.05) is 51.4 Å². The Balaban J connectivity index is 1.25. The number of rotatable bonds is 8. The third kappa shape index (κ3) is 5.32. The zero-order chi connectivity index (χ0) is 29.6. The van der Waals surface area contributed by atoms with Crippen molar-refractivity contribution in [2.45, 2.75) is 32.1 Å². The van der Waals surface area contributed by atoms with Gasteiger partial charge in [0.1, 0.15) is 17.6 Å². The van der Waals surface area contributed by atoms with E-state index in [1.165, 1.54) is 36.0 Å². The minimum Gasteiger partial charge on any atom is -0.354 e. The van der Waals surface area contributed by atoms with Gasteiger partial charge in [0.05, 0.1) is 16.8 Å². The highest BCUT2D eigenvalue weighted by Crippen LogP contribution is 2.31. The molecular weight excluding hydrogens is 571 g/mol. The van der Waals surface area contributed by atoms with Gasteiger partial charge in [-0.3, -0.25) is 14.1 Å². The lowest BCUT2D eigenvalue weighted by Crippen LogP contribution is -2.34. The highest BCUT2D eigenvalue weighted by atomic mass is 32.2. The molecule has 0 bridgehead atoms. The van der Waals surface area contributed by atoms with Crippen LogP contribution >= 0.6 is 0 Å². The van der Waals surface area contributed by atoms with E-state index < -0.39 is 44.8 Å². The van der Waals surface area contributed by atoms with E-state index in [9.17, 15) is 22.0 Å². The second-order valence-corrected chi connectivity index (χ2v) is 12.1. The smallest absolute Gasteiger partial charge is 0.301 e. The summed E-state index contributed by atoms with van der Waals surface area (Å²) in [5.74, 6) is -2.04. The van der Waals surface area contributed by atoms with Gasteiger partial charge < -0.3 is 10.6 Å². The van der Waals surface area contributed by atoms with Crippen molar-refractivity contribution in [2.75, 3.05) is 29.7 Å². The van der Waals surface area contributed by atoms with Gasteiger partial charge in [0.15, 0.2) is 5.82 Å². The molecule has 0 saturated carbocycles. The van der Waals surface area contributed by atoms with Gasteiger partial charge in [-0.1, -0.05) is 18.2 Å². The molecule has 4 aromatic rings. The third-order valence-corrected chi connectivity index (χ3v) is 9.07. The summed E-state index contributed by atoms with van der Waals surface area (Å²) in [4.78, 5) is 22.0. The molecule has 0 aliphatic carbocycles. The standard InChI is InChI=1S/C28H28F3N7O3S/c1-37-26-19(14-34-28(35-26)33-8-6-16-2-3-17-12-32-13-18(17)10-16)11-21(27(37)39)24-22(30)4-5-23(25(24)31)36-42(40,41)38-9-7-20(29)15-38/h2-5,10-11,14,20,32,36H,6-9,12-13,15H2,1H3,(H,33,34,35). The maximum atomic E-state index is 15.6. The Kier molecular flexibility index (Phi) is 7.37. The number of nitrogens with one attached hydrogen (secondary N) is 3. The van der Waals surface area contributed by atoms with Crippen LogP contribution in [0.1, 0.15) is 23.1 Å². The maximum absolute atomic E-state index is 15.6. The van der Waals surface area contributed by atoms with Crippen molar-refractivity contribution in [3.05, 3.63) is 81.3 Å². The summed E-state index contributed by atoms with van der Waals surface area (Å²) in [6.45, 7) is 1.85. The summed E-state index contributed by atoms with van der Waals surface area (Å²) in [7, 11) is -2.88. The molecule has 220 valence electrons. The first-order valence-corrected chi connectivity index (χ1v) is 14.9. The fourth-order valence-electron chi connectivity index (χ4n) is 5.32. The van der Waals surface area contributed by atoms with Gasteiger partial charge in [0.25, 0.3) is 5.56 Å². The number of aromatic nitrogens is 3. The first kappa shape index (κ1) is 28.1. The normalized spacial score (nSPS) is 17.1. The van der Waals surface area contributed by atoms with Gasteiger partial charge in [-0.25, -0.2) is 18.2 Å². The first-order chi connectivity index (χ1) is 20.1. The summed E-state index contributed by atoms with van der Waals surface area (Å²) in [5, 5.41) is 6.82. The number of alkyl halides is 1. The van der Waals surface area contributed by atoms with Gasteiger partial charge in [-0.15, -0.1) is 0 Å². The van der Waals surface area contributed by atoms with Gasteiger partial charge in [-0.05, 0) is 47.7 Å². The van der Waals surface area contributed by atoms with E-state index in [0.29, 0.717) is 17.9 Å². The molecule has 1 unspecified atom stereocenters. The van der Waals surface area contributed by atoms with E-state index in [-0.39, 0.29) is 30.7 Å². The number of aryl methyl sites for hydroxylation is 1. The molecule has 2 aromatic carbocycles. The number of hydrogen-bond acceptors (Lipinski definition) is 7. The average Bonchev–Trinajstić information content (AvgIpc) is 3.62. The van der Waals surface area contributed by atoms with E-state index in [1.54, 1.807) is 0 Å². The molecule has 4 heterocycles. The fourth-order valence-corrected chi connectivity index (χ4v) is 6.59. The van der Waals surface area contributed by atoms with Crippen LogP contribution in [0.4, 0.5) is 24.8 Å². The minimum atomic E-state index is -4.30. The molecule has 42 heavy (non-hydrogen) atoms. The Morgan fingerprint density at radius 2 is 1.93 bits per heavy atom. The number of hydrogen-bond donors (Lipinski definition) is 3. The molecule has 2 aromatic heterocycles. The summed E-state index contributed by atoms with van der Waals surface area (Å²) in [5.41, 5.74) is 1.67. The predicted octanol–water partition coefficient (Wildman–Crippen LogP) is 3.23. The van der Waals surface area contributed by atoms with Crippen molar-refractivity contribution in [1.82, 2.24) is 24.2 Å². The van der Waals surface area contributed by atoms with Crippen LogP contribution < -0.4 is 20.9 Å². The van der Waals surface area contributed by atoms with Crippen molar-refractivity contribution >= 4 is 32.9 Å². The number of fused-ring (bicyclic) bond motifs is 2. The lowest BCUT2D eigenvalue weighted by atomic mass is 10.0. The Hall–Kier alpha value is -4.01. The second-order valence-electron chi connectivity index (χ2n) is 10.4. The first-order valence-electron chi connectivity index (χ1n) is 13.4. The number of anilines is 2. The summed E-state index contributed by atoms with van der Waals surface area (Å²) in [6.07, 6.45) is 0.877. The fraction of sp³-hybridized carbons (Fsp3) is 0.321. The molecule has 6 rings (SSSR count). The molecule has 14 heteroatoms. The molecule has 0 spiro atoms. The largest absolute Gasteiger partial charge is 0.354 e. The van der Waals surface area contributed by atoms with Crippen LogP contribution in [0.15, 0.2) is 47.4 Å². The monoisotopic (exact) mass is 599 g/mol. The van der Waals surface area contributed by atoms with E-state index in [1.807, 2.05) is 0 Å². The third-order valence-electron chi connectivity index (χ3n) is 7.58. The zero-order valence-electron chi connectivity index (χ0n) is 22.6. The SMILES string of the molecule is Cn1c(=O)c(-c2c(F)ccc(NS(=O)(=O)N3CCC(F)C3)c2F)cc2cnc(NCCc3ccc4c(c3)CNC4)nc21. The zero-order valence-corrected chi connectivity index (χ0v) is 23.4. The molecule has 1 fully saturated rings. The van der Waals surface area contributed by atoms with Crippen LogP contribution in [0.5, 0.6) is 0 Å². The van der Waals surface area contributed by atoms with E-state index >= 15 is 4.39 Å². The van der Waals surface area contributed by atoms with E-state index in [2.05, 4.69) is 43.5 Å². The van der Waals surface area contributed by atoms with Gasteiger partial charge >= 0.3 is 10.2 Å². The quantitative estimate of drug-likeness (QED) is 0.284. The topological polar surface area (TPSA) is 121 Å². The summed E-state index contributed by atoms with van der Waals surface area (Å²) >= 11 is 0. The average molecular weight is 600 g/mol. The summed E-state index contributed by atoms with van der Waals surface area (Å²) in [6, 6.07) is 9.43. The van der Waals surface area contributed by atoms with Gasteiger partial charge in [-0.2, -0.15) is 17.7 Å². The van der Waals surface area contributed by atoms with Gasteiger partial charge in [0.2, 0.25) is 5.95 Å². The van der Waals surface area contributed by atoms with E-state index in [0.717, 1.165) is 40.5 Å². The van der Waals surface area contributed by atoms with E-state index in [4.69, 9.17) is 0 Å². The van der Waals surface area contributed by atoms with Crippen molar-refractivity contribution in [3.8, 4) is 11.1 Å². The van der Waals surface area contributed by atoms with Crippen molar-refractivity contribution in [1.29, 1.82) is 0 Å². The molecular formula is C28H28F3N7O3S. The lowest BCUT2D eigenvalue weighted by Gasteiger charge is -2.18. The molecule has 1 saturated heterocycles. The molecule has 0 radical (unpaired) electrons. The molecule has 1 atom stereocenters. The number of halogens is 3. The second kappa shape index (κ2) is 11.0. The molecule has 3 N–H and O–H groups in total. The van der Waals surface area contributed by atoms with Crippen LogP contribution in [-0.2, 0) is 36.8 Å². The predicted molar refractivity (Wildman–Crippen MR) is 153 cm³/mol. The Labute approximate surface area is 239 Å². The molecule has 2 aliphatic rings.